The summed E-state index contributed by atoms with van der Waals surface area (Å²) in [7, 11) is 8.99. The minimum absolute atomic E-state index is 0.0226. The van der Waals surface area contributed by atoms with Gasteiger partial charge in [-0.15, -0.1) is 10.2 Å². The minimum atomic E-state index is -0.510. The van der Waals surface area contributed by atoms with Crippen molar-refractivity contribution in [2.75, 3.05) is 50.5 Å². The van der Waals surface area contributed by atoms with Crippen LogP contribution in [0.3, 0.4) is 0 Å². The Morgan fingerprint density at radius 2 is 1.71 bits per heavy atom. The number of nitrogens with one attached hydrogen (secondary N) is 3. The van der Waals surface area contributed by atoms with Crippen LogP contribution in [0.1, 0.15) is 65.9 Å². The fraction of sp³-hybridized carbons (Fsp3) is 0.515. The lowest BCUT2D eigenvalue weighted by Crippen LogP contribution is -2.50. The van der Waals surface area contributed by atoms with Crippen LogP contribution in [0.5, 0.6) is 5.75 Å². The van der Waals surface area contributed by atoms with E-state index in [1.54, 1.807) is 24.9 Å². The quantitative estimate of drug-likeness (QED) is 0.236. The Labute approximate surface area is 290 Å². The van der Waals surface area contributed by atoms with Crippen molar-refractivity contribution in [3.8, 4) is 17.0 Å². The first-order valence-corrected chi connectivity index (χ1v) is 17.5. The van der Waals surface area contributed by atoms with E-state index in [9.17, 15) is 14.4 Å². The third kappa shape index (κ3) is 8.46. The summed E-state index contributed by atoms with van der Waals surface area (Å²) in [5.41, 5.74) is 2.74. The molecule has 4 heterocycles. The van der Waals surface area contributed by atoms with E-state index in [2.05, 4.69) is 31.0 Å². The summed E-state index contributed by atoms with van der Waals surface area (Å²) in [5.74, 6) is 0.796. The molecule has 0 bridgehead atoms. The fourth-order valence-electron chi connectivity index (χ4n) is 6.65. The molecule has 3 aromatic rings. The van der Waals surface area contributed by atoms with E-state index in [0.717, 1.165) is 38.8 Å². The second-order valence-corrected chi connectivity index (χ2v) is 14.6. The summed E-state index contributed by atoms with van der Waals surface area (Å²) < 4.78 is 7.53. The van der Waals surface area contributed by atoms with Crippen molar-refractivity contribution >= 4 is 58.5 Å². The van der Waals surface area contributed by atoms with Gasteiger partial charge in [0.1, 0.15) is 29.2 Å². The third-order valence-corrected chi connectivity index (χ3v) is 9.51. The number of amides is 3. The fourth-order valence-corrected chi connectivity index (χ4v) is 6.65. The van der Waals surface area contributed by atoms with Crippen molar-refractivity contribution in [1.29, 1.82) is 0 Å². The Kier molecular flexibility index (Phi) is 10.3. The molecule has 0 unspecified atom stereocenters. The molecule has 2 aromatic heterocycles. The van der Waals surface area contributed by atoms with Gasteiger partial charge in [0.15, 0.2) is 17.3 Å². The molecule has 3 aliphatic rings. The number of carbonyl (C=O) groups is 3. The Morgan fingerprint density at radius 3 is 2.39 bits per heavy atom. The van der Waals surface area contributed by atoms with Gasteiger partial charge in [-0.05, 0) is 93.9 Å². The first-order chi connectivity index (χ1) is 23.5. The lowest BCUT2D eigenvalue weighted by Gasteiger charge is -2.32. The molecule has 6 rings (SSSR count). The number of aryl methyl sites for hydroxylation is 1. The average Bonchev–Trinajstić information content (AvgIpc) is 3.66. The van der Waals surface area contributed by atoms with Crippen LogP contribution in [0.4, 0.5) is 17.2 Å². The zero-order valence-corrected chi connectivity index (χ0v) is 29.3. The van der Waals surface area contributed by atoms with Crippen LogP contribution in [-0.2, 0) is 11.8 Å². The number of hydrogen-bond acceptors (Lipinski definition) is 9. The van der Waals surface area contributed by atoms with Gasteiger partial charge in [0.2, 0.25) is 5.91 Å². The molecule has 1 aromatic carbocycles. The first kappa shape index (κ1) is 34.5. The van der Waals surface area contributed by atoms with Crippen LogP contribution < -0.4 is 20.7 Å². The van der Waals surface area contributed by atoms with Gasteiger partial charge in [-0.3, -0.25) is 19.1 Å². The highest BCUT2D eigenvalue weighted by Crippen LogP contribution is 2.39. The predicted molar refractivity (Wildman–Crippen MR) is 197 cm³/mol. The summed E-state index contributed by atoms with van der Waals surface area (Å²) in [6.07, 6.45) is 7.57. The number of rotatable bonds is 12. The van der Waals surface area contributed by atoms with E-state index >= 15 is 0 Å². The monoisotopic (exact) mass is 665 g/mol. The molecule has 0 spiro atoms. The van der Waals surface area contributed by atoms with Gasteiger partial charge in [0.05, 0.1) is 24.2 Å². The first-order valence-electron chi connectivity index (χ1n) is 17.5. The van der Waals surface area contributed by atoms with E-state index in [1.807, 2.05) is 52.7 Å². The maximum Gasteiger partial charge on any atom is 0.272 e. The van der Waals surface area contributed by atoms with Gasteiger partial charge in [-0.2, -0.15) is 5.10 Å². The number of benzene rings is 1. The number of carbonyl (C=O) groups excluding carboxylic acids is 3. The number of para-hydroxylation sites is 1. The number of aromatic nitrogens is 4. The Bertz CT molecular complexity index is 1690. The number of piperidine rings is 1. The molecular formula is C33H46B3N9O4. The summed E-state index contributed by atoms with van der Waals surface area (Å²) in [4.78, 5) is 44.0. The zero-order valence-electron chi connectivity index (χ0n) is 29.3. The van der Waals surface area contributed by atoms with Crippen molar-refractivity contribution in [3.63, 3.8) is 0 Å². The Balaban J connectivity index is 1.20. The molecule has 13 nitrogen and oxygen atoms in total. The molecule has 3 fully saturated rings. The van der Waals surface area contributed by atoms with Crippen molar-refractivity contribution in [1.82, 2.24) is 35.1 Å². The number of anilines is 3. The molecule has 256 valence electrons. The Hall–Kier alpha value is -4.33. The lowest BCUT2D eigenvalue weighted by molar-refractivity contribution is -0.117. The van der Waals surface area contributed by atoms with Gasteiger partial charge in [0.25, 0.3) is 11.8 Å². The number of nitrogens with zero attached hydrogens (tertiary/aromatic N) is 6. The number of methoxy groups -OCH3 is 1. The number of hydrogen-bond donors (Lipinski definition) is 3. The van der Waals surface area contributed by atoms with E-state index in [0.29, 0.717) is 40.0 Å². The van der Waals surface area contributed by atoms with Crippen LogP contribution in [-0.4, -0.2) is 116 Å². The van der Waals surface area contributed by atoms with Crippen LogP contribution in [0, 0.1) is 11.8 Å². The SMILES string of the molecule is BC(B)(B)NC(=O)c1nnc(NC(=O)C2CC2)cc1Nc1cccc(-c2cc(C(=O)N3CCC(CCN4CCCC4)CC3)n(C)n2)c1OC. The molecule has 1 saturated carbocycles. The van der Waals surface area contributed by atoms with E-state index in [4.69, 9.17) is 9.84 Å². The van der Waals surface area contributed by atoms with Crippen molar-refractivity contribution in [2.24, 2.45) is 18.9 Å². The summed E-state index contributed by atoms with van der Waals surface area (Å²) in [5, 5.41) is 21.6. The van der Waals surface area contributed by atoms with Gasteiger partial charge in [0, 0.05) is 37.7 Å². The van der Waals surface area contributed by atoms with Crippen LogP contribution in [0.25, 0.3) is 11.3 Å². The van der Waals surface area contributed by atoms with Crippen molar-refractivity contribution < 1.29 is 19.1 Å². The molecule has 3 amide bonds. The highest BCUT2D eigenvalue weighted by molar-refractivity contribution is 6.60. The number of ether oxygens (including phenoxy) is 1. The molecule has 0 radical (unpaired) electrons. The summed E-state index contributed by atoms with van der Waals surface area (Å²) >= 11 is 0. The highest BCUT2D eigenvalue weighted by atomic mass is 16.5. The molecule has 0 atom stereocenters. The predicted octanol–water partition coefficient (Wildman–Crippen LogP) is 0.556. The van der Waals surface area contributed by atoms with Gasteiger partial charge in [-0.1, -0.05) is 6.07 Å². The summed E-state index contributed by atoms with van der Waals surface area (Å²) in [6.45, 7) is 5.12. The molecule has 2 saturated heterocycles. The second-order valence-electron chi connectivity index (χ2n) is 14.6. The topological polar surface area (TPSA) is 147 Å². The molecule has 49 heavy (non-hydrogen) atoms. The van der Waals surface area contributed by atoms with Crippen LogP contribution in [0.2, 0.25) is 0 Å². The van der Waals surface area contributed by atoms with E-state index < -0.39 is 11.1 Å². The molecule has 1 aliphatic carbocycles. The van der Waals surface area contributed by atoms with Gasteiger partial charge >= 0.3 is 0 Å². The summed E-state index contributed by atoms with van der Waals surface area (Å²) in [6, 6.07) is 8.96. The largest absolute Gasteiger partial charge is 0.494 e. The molecular weight excluding hydrogens is 619 g/mol. The van der Waals surface area contributed by atoms with Crippen LogP contribution >= 0.6 is 0 Å². The van der Waals surface area contributed by atoms with Gasteiger partial charge < -0.3 is 30.5 Å². The molecule has 3 N–H and O–H groups in total. The van der Waals surface area contributed by atoms with E-state index in [-0.39, 0.29) is 29.2 Å². The minimum Gasteiger partial charge on any atom is -0.494 e. The maximum atomic E-state index is 13.7. The molecule has 16 heteroatoms. The van der Waals surface area contributed by atoms with Crippen molar-refractivity contribution in [2.45, 2.75) is 50.2 Å². The zero-order chi connectivity index (χ0) is 34.7. The third-order valence-electron chi connectivity index (χ3n) is 9.51. The standard InChI is InChI=1S/C33H46B3N9O4/c1-43-26(32(48)45-16-11-20(12-17-45)10-15-44-13-3-4-14-44)18-24(42-43)22-6-5-7-23(29(22)49-2)37-25-19-27(38-30(46)21-8-9-21)40-41-28(25)31(47)39-33(34,35)36/h5-7,18-21H,3-4,8-17,34-36H2,1-2H3,(H,39,47)(H2,37,38,40,46). The maximum absolute atomic E-state index is 13.7. The smallest absolute Gasteiger partial charge is 0.272 e. The lowest BCUT2D eigenvalue weighted by atomic mass is 9.49. The van der Waals surface area contributed by atoms with Gasteiger partial charge in [-0.25, -0.2) is 0 Å². The second kappa shape index (κ2) is 14.7. The van der Waals surface area contributed by atoms with Crippen LogP contribution in [0.15, 0.2) is 30.3 Å². The normalized spacial score (nSPS) is 17.1. The highest BCUT2D eigenvalue weighted by Gasteiger charge is 2.31. The van der Waals surface area contributed by atoms with E-state index in [1.165, 1.54) is 38.9 Å². The molecule has 2 aliphatic heterocycles. The van der Waals surface area contributed by atoms with Crippen molar-refractivity contribution in [3.05, 3.63) is 41.7 Å². The average molecular weight is 665 g/mol. The Morgan fingerprint density at radius 1 is 0.980 bits per heavy atom. The number of likely N-dealkylation sites (tertiary alicyclic amines) is 2.